The molecular weight excluding hydrogens is 328 g/mol. The van der Waals surface area contributed by atoms with Crippen LogP contribution < -0.4 is 10.9 Å². The molecule has 0 saturated heterocycles. The number of fused-ring (bicyclic) bond motifs is 3. The van der Waals surface area contributed by atoms with Crippen LogP contribution in [0.2, 0.25) is 0 Å². The fourth-order valence-electron chi connectivity index (χ4n) is 2.52. The molecule has 24 heavy (non-hydrogen) atoms. The highest BCUT2D eigenvalue weighted by atomic mass is 32.1. The molecule has 126 valence electrons. The molecule has 2 heterocycles. The van der Waals surface area contributed by atoms with E-state index in [-0.39, 0.29) is 22.5 Å². The second kappa shape index (κ2) is 5.79. The van der Waals surface area contributed by atoms with E-state index >= 15 is 0 Å². The Kier molecular flexibility index (Phi) is 3.92. The van der Waals surface area contributed by atoms with Gasteiger partial charge in [-0.3, -0.25) is 9.78 Å². The minimum atomic E-state index is -0.493. The van der Waals surface area contributed by atoms with Gasteiger partial charge >= 0.3 is 6.09 Å². The molecule has 1 aromatic carbocycles. The number of nitrogens with one attached hydrogen (secondary N) is 4. The Morgan fingerprint density at radius 2 is 2.00 bits per heavy atom. The topological polar surface area (TPSA) is 103 Å². The molecule has 0 saturated carbocycles. The van der Waals surface area contributed by atoms with E-state index in [1.807, 2.05) is 39.0 Å². The zero-order chi connectivity index (χ0) is 17.5. The molecule has 1 amide bonds. The van der Waals surface area contributed by atoms with Gasteiger partial charge < -0.3 is 20.0 Å². The van der Waals surface area contributed by atoms with Crippen LogP contribution in [0.5, 0.6) is 0 Å². The summed E-state index contributed by atoms with van der Waals surface area (Å²) in [4.78, 5) is 32.6. The van der Waals surface area contributed by atoms with Gasteiger partial charge in [-0.1, -0.05) is 18.2 Å². The molecule has 0 aliphatic rings. The predicted molar refractivity (Wildman–Crippen MR) is 94.7 cm³/mol. The summed E-state index contributed by atoms with van der Waals surface area (Å²) in [6.07, 6.45) is -0.493. The Balaban J connectivity index is 1.98. The molecule has 0 bridgehead atoms. The quantitative estimate of drug-likeness (QED) is 0.535. The Labute approximate surface area is 142 Å². The highest BCUT2D eigenvalue weighted by Crippen LogP contribution is 2.24. The predicted octanol–water partition coefficient (Wildman–Crippen LogP) is 3.09. The van der Waals surface area contributed by atoms with E-state index in [1.165, 1.54) is 0 Å². The lowest BCUT2D eigenvalue weighted by Crippen LogP contribution is -2.40. The monoisotopic (exact) mass is 346 g/mol. The normalized spacial score (nSPS) is 11.8. The van der Waals surface area contributed by atoms with Crippen LogP contribution in [-0.4, -0.2) is 26.6 Å². The summed E-state index contributed by atoms with van der Waals surface area (Å²) < 4.78 is 5.53. The van der Waals surface area contributed by atoms with E-state index in [0.717, 1.165) is 16.5 Å². The lowest BCUT2D eigenvalue weighted by atomic mass is 10.1. The molecule has 3 rings (SSSR count). The van der Waals surface area contributed by atoms with E-state index in [9.17, 15) is 9.59 Å². The number of para-hydroxylation sites is 1. The van der Waals surface area contributed by atoms with Crippen LogP contribution in [0.25, 0.3) is 21.9 Å². The third-order valence-electron chi connectivity index (χ3n) is 3.45. The molecule has 0 aliphatic heterocycles. The van der Waals surface area contributed by atoms with Crippen molar-refractivity contribution in [3.8, 4) is 0 Å². The van der Waals surface area contributed by atoms with Crippen molar-refractivity contribution in [2.45, 2.75) is 32.9 Å². The van der Waals surface area contributed by atoms with Gasteiger partial charge in [0, 0.05) is 16.5 Å². The molecular formula is C16H18N4O3S. The SMILES string of the molecule is CC(C)(C)NC(=O)OCc1cccc2c1[nH]c1[nH]c(=S)[nH]c(=O)c12. The summed E-state index contributed by atoms with van der Waals surface area (Å²) in [7, 11) is 0. The van der Waals surface area contributed by atoms with Crippen LogP contribution >= 0.6 is 12.2 Å². The number of amides is 1. The first kappa shape index (κ1) is 16.3. The molecule has 8 heteroatoms. The number of alkyl carbamates (subject to hydrolysis) is 1. The fourth-order valence-corrected chi connectivity index (χ4v) is 2.72. The molecule has 0 aliphatic carbocycles. The summed E-state index contributed by atoms with van der Waals surface area (Å²) >= 11 is 4.99. The summed E-state index contributed by atoms with van der Waals surface area (Å²) in [5.74, 6) is 0. The standard InChI is InChI=1S/C16H18N4O3S/c1-16(2,3)20-15(22)23-7-8-5-4-6-9-10-12(17-11(8)9)18-14(24)19-13(10)21/h4-6H,7H2,1-3H3,(H,20,22)(H3,17,18,19,21,24). The summed E-state index contributed by atoms with van der Waals surface area (Å²) in [6, 6.07) is 5.49. The van der Waals surface area contributed by atoms with Crippen molar-refractivity contribution >= 4 is 40.2 Å². The number of carbonyl (C=O) groups excluding carboxylic acids is 1. The lowest BCUT2D eigenvalue weighted by molar-refractivity contribution is 0.131. The fraction of sp³-hybridized carbons (Fsp3) is 0.312. The van der Waals surface area contributed by atoms with Gasteiger partial charge in [-0.2, -0.15) is 0 Å². The van der Waals surface area contributed by atoms with Crippen molar-refractivity contribution in [1.82, 2.24) is 20.3 Å². The minimum absolute atomic E-state index is 0.0880. The first-order valence-electron chi connectivity index (χ1n) is 7.45. The number of ether oxygens (including phenoxy) is 1. The van der Waals surface area contributed by atoms with Gasteiger partial charge in [-0.05, 0) is 33.0 Å². The van der Waals surface area contributed by atoms with Crippen LogP contribution in [0.4, 0.5) is 4.79 Å². The van der Waals surface area contributed by atoms with Gasteiger partial charge in [0.05, 0.1) is 10.9 Å². The van der Waals surface area contributed by atoms with Crippen molar-refractivity contribution in [3.63, 3.8) is 0 Å². The van der Waals surface area contributed by atoms with E-state index < -0.39 is 6.09 Å². The van der Waals surface area contributed by atoms with Gasteiger partial charge in [-0.15, -0.1) is 0 Å². The molecule has 2 aromatic heterocycles. The average Bonchev–Trinajstić information content (AvgIpc) is 2.81. The molecule has 0 spiro atoms. The highest BCUT2D eigenvalue weighted by molar-refractivity contribution is 7.71. The first-order chi connectivity index (χ1) is 11.2. The van der Waals surface area contributed by atoms with Crippen LogP contribution in [-0.2, 0) is 11.3 Å². The van der Waals surface area contributed by atoms with Crippen LogP contribution in [0, 0.1) is 4.77 Å². The number of H-pyrrole nitrogens is 3. The highest BCUT2D eigenvalue weighted by Gasteiger charge is 2.16. The third kappa shape index (κ3) is 3.18. The van der Waals surface area contributed by atoms with Gasteiger partial charge in [0.2, 0.25) is 0 Å². The molecule has 7 nitrogen and oxygen atoms in total. The zero-order valence-electron chi connectivity index (χ0n) is 13.6. The van der Waals surface area contributed by atoms with Gasteiger partial charge in [0.15, 0.2) is 4.77 Å². The van der Waals surface area contributed by atoms with E-state index in [1.54, 1.807) is 0 Å². The van der Waals surface area contributed by atoms with Gasteiger partial charge in [0.25, 0.3) is 5.56 Å². The van der Waals surface area contributed by atoms with Gasteiger partial charge in [-0.25, -0.2) is 4.79 Å². The largest absolute Gasteiger partial charge is 0.445 e. The van der Waals surface area contributed by atoms with E-state index in [0.29, 0.717) is 11.0 Å². The smallest absolute Gasteiger partial charge is 0.407 e. The maximum atomic E-state index is 12.2. The maximum absolute atomic E-state index is 12.2. The van der Waals surface area contributed by atoms with Crippen molar-refractivity contribution in [3.05, 3.63) is 38.9 Å². The van der Waals surface area contributed by atoms with Crippen molar-refractivity contribution in [2.75, 3.05) is 0 Å². The average molecular weight is 346 g/mol. The number of aromatic amines is 3. The number of hydrogen-bond acceptors (Lipinski definition) is 4. The zero-order valence-corrected chi connectivity index (χ0v) is 14.4. The number of rotatable bonds is 2. The number of carbonyl (C=O) groups is 1. The Hall–Kier alpha value is -2.61. The second-order valence-electron chi connectivity index (χ2n) is 6.57. The molecule has 0 fully saturated rings. The van der Waals surface area contributed by atoms with Crippen molar-refractivity contribution in [1.29, 1.82) is 0 Å². The number of benzene rings is 1. The van der Waals surface area contributed by atoms with E-state index in [2.05, 4.69) is 20.3 Å². The Bertz CT molecular complexity index is 1040. The van der Waals surface area contributed by atoms with Crippen molar-refractivity contribution < 1.29 is 9.53 Å². The number of aromatic nitrogens is 3. The minimum Gasteiger partial charge on any atom is -0.445 e. The first-order valence-corrected chi connectivity index (χ1v) is 7.86. The molecule has 3 aromatic rings. The maximum Gasteiger partial charge on any atom is 0.407 e. The second-order valence-corrected chi connectivity index (χ2v) is 6.98. The number of hydrogen-bond donors (Lipinski definition) is 4. The molecule has 4 N–H and O–H groups in total. The van der Waals surface area contributed by atoms with Crippen molar-refractivity contribution in [2.24, 2.45) is 0 Å². The Morgan fingerprint density at radius 1 is 1.25 bits per heavy atom. The molecule has 0 atom stereocenters. The molecule has 0 radical (unpaired) electrons. The van der Waals surface area contributed by atoms with Crippen LogP contribution in [0.3, 0.4) is 0 Å². The lowest BCUT2D eigenvalue weighted by Gasteiger charge is -2.20. The summed E-state index contributed by atoms with van der Waals surface area (Å²) in [5.41, 5.74) is 1.42. The molecule has 0 unspecified atom stereocenters. The van der Waals surface area contributed by atoms with Crippen LogP contribution in [0.15, 0.2) is 23.0 Å². The Morgan fingerprint density at radius 3 is 2.71 bits per heavy atom. The van der Waals surface area contributed by atoms with Gasteiger partial charge in [0.1, 0.15) is 12.3 Å². The summed E-state index contributed by atoms with van der Waals surface area (Å²) in [6.45, 7) is 5.72. The van der Waals surface area contributed by atoms with E-state index in [4.69, 9.17) is 17.0 Å². The summed E-state index contributed by atoms with van der Waals surface area (Å²) in [5, 5.41) is 3.98. The third-order valence-corrected chi connectivity index (χ3v) is 3.65. The van der Waals surface area contributed by atoms with Crippen LogP contribution in [0.1, 0.15) is 26.3 Å².